The van der Waals surface area contributed by atoms with E-state index in [4.69, 9.17) is 0 Å². The average molecular weight is 561 g/mol. The first-order valence-electron chi connectivity index (χ1n) is 14.9. The Labute approximate surface area is 243 Å². The fraction of sp³-hybridized carbons (Fsp3) is 0.613. The molecule has 0 aromatic carbocycles. The zero-order valence-corrected chi connectivity index (χ0v) is 24.8. The van der Waals surface area contributed by atoms with Crippen LogP contribution in [0.25, 0.3) is 0 Å². The van der Waals surface area contributed by atoms with E-state index in [1.165, 1.54) is 0 Å². The van der Waals surface area contributed by atoms with E-state index >= 15 is 0 Å². The van der Waals surface area contributed by atoms with Crippen LogP contribution >= 0.6 is 0 Å². The second-order valence-corrected chi connectivity index (χ2v) is 12.1. The molecule has 4 heterocycles. The molecular formula is C31H44N8O2. The van der Waals surface area contributed by atoms with Gasteiger partial charge in [-0.05, 0) is 70.2 Å². The van der Waals surface area contributed by atoms with Gasteiger partial charge in [0.15, 0.2) is 0 Å². The molecule has 0 spiro atoms. The highest BCUT2D eigenvalue weighted by molar-refractivity contribution is 5.42. The molecule has 4 atom stereocenters. The molecule has 41 heavy (non-hydrogen) atoms. The fourth-order valence-electron chi connectivity index (χ4n) is 6.56. The second-order valence-electron chi connectivity index (χ2n) is 12.1. The number of anilines is 2. The van der Waals surface area contributed by atoms with Gasteiger partial charge in [-0.3, -0.25) is 19.4 Å². The quantitative estimate of drug-likeness (QED) is 0.428. The van der Waals surface area contributed by atoms with Gasteiger partial charge in [-0.1, -0.05) is 0 Å². The van der Waals surface area contributed by atoms with Crippen molar-refractivity contribution >= 4 is 11.4 Å². The Balaban J connectivity index is 1.70. The molecule has 10 heteroatoms. The third-order valence-corrected chi connectivity index (χ3v) is 8.22. The lowest BCUT2D eigenvalue weighted by Crippen LogP contribution is -2.47. The van der Waals surface area contributed by atoms with Gasteiger partial charge in [0, 0.05) is 82.6 Å². The predicted molar refractivity (Wildman–Crippen MR) is 162 cm³/mol. The van der Waals surface area contributed by atoms with Gasteiger partial charge in [0.2, 0.25) is 0 Å². The topological polar surface area (TPSA) is 122 Å². The fourth-order valence-corrected chi connectivity index (χ4v) is 6.56. The largest absolute Gasteiger partial charge is 0.378 e. The molecule has 0 bridgehead atoms. The van der Waals surface area contributed by atoms with E-state index in [-0.39, 0.29) is 47.1 Å². The Morgan fingerprint density at radius 1 is 0.805 bits per heavy atom. The second kappa shape index (κ2) is 13.8. The molecule has 0 amide bonds. The number of rotatable bonds is 11. The van der Waals surface area contributed by atoms with E-state index < -0.39 is 0 Å². The van der Waals surface area contributed by atoms with Crippen molar-refractivity contribution in [2.24, 2.45) is 11.8 Å². The summed E-state index contributed by atoms with van der Waals surface area (Å²) in [4.78, 5) is 31.8. The van der Waals surface area contributed by atoms with Crippen molar-refractivity contribution in [3.05, 3.63) is 57.4 Å². The van der Waals surface area contributed by atoms with Crippen LogP contribution in [0.4, 0.5) is 11.4 Å². The monoisotopic (exact) mass is 560 g/mol. The zero-order valence-electron chi connectivity index (χ0n) is 24.8. The summed E-state index contributed by atoms with van der Waals surface area (Å²) in [6.07, 6.45) is 5.43. The molecule has 220 valence electrons. The summed E-state index contributed by atoms with van der Waals surface area (Å²) in [5.41, 5.74) is 1.12. The number of nitrogens with zero attached hydrogens (tertiary/aromatic N) is 6. The highest BCUT2D eigenvalue weighted by Gasteiger charge is 2.42. The van der Waals surface area contributed by atoms with Gasteiger partial charge < -0.3 is 19.8 Å². The van der Waals surface area contributed by atoms with Gasteiger partial charge in [-0.2, -0.15) is 10.5 Å². The summed E-state index contributed by atoms with van der Waals surface area (Å²) in [5.74, 6) is 0.354. The molecule has 0 saturated carbocycles. The van der Waals surface area contributed by atoms with E-state index in [1.807, 2.05) is 73.5 Å². The number of hydrogen-bond donors (Lipinski definition) is 2. The molecule has 2 saturated heterocycles. The van der Waals surface area contributed by atoms with Crippen molar-refractivity contribution in [1.29, 1.82) is 10.5 Å². The molecule has 4 rings (SSSR count). The Morgan fingerprint density at radius 3 is 1.90 bits per heavy atom. The molecule has 2 aliphatic rings. The maximum Gasteiger partial charge on any atom is 0.274 e. The van der Waals surface area contributed by atoms with Crippen molar-refractivity contribution in [2.45, 2.75) is 71.1 Å². The van der Waals surface area contributed by atoms with Crippen molar-refractivity contribution in [3.8, 4) is 12.1 Å². The summed E-state index contributed by atoms with van der Waals surface area (Å²) in [5, 5.41) is 25.2. The van der Waals surface area contributed by atoms with E-state index in [0.29, 0.717) is 50.4 Å². The van der Waals surface area contributed by atoms with Crippen molar-refractivity contribution in [3.63, 3.8) is 0 Å². The average Bonchev–Trinajstić information content (AvgIpc) is 3.36. The summed E-state index contributed by atoms with van der Waals surface area (Å²) in [6, 6.07) is 12.2. The molecule has 2 aromatic rings. The smallest absolute Gasteiger partial charge is 0.274 e. The minimum atomic E-state index is -0.0534. The van der Waals surface area contributed by atoms with Crippen molar-refractivity contribution < 1.29 is 0 Å². The van der Waals surface area contributed by atoms with Gasteiger partial charge >= 0.3 is 0 Å². The number of nitriles is 2. The van der Waals surface area contributed by atoms with Crippen LogP contribution in [0.15, 0.2) is 46.2 Å². The summed E-state index contributed by atoms with van der Waals surface area (Å²) in [6.45, 7) is 12.4. The first-order chi connectivity index (χ1) is 19.7. The normalized spacial score (nSPS) is 23.4. The highest BCUT2D eigenvalue weighted by atomic mass is 16.1. The van der Waals surface area contributed by atoms with E-state index in [0.717, 1.165) is 19.5 Å². The minimum Gasteiger partial charge on any atom is -0.378 e. The lowest BCUT2D eigenvalue weighted by molar-refractivity contribution is 0.0853. The maximum atomic E-state index is 13.6. The Morgan fingerprint density at radius 2 is 1.34 bits per heavy atom. The van der Waals surface area contributed by atoms with E-state index in [9.17, 15) is 20.1 Å². The number of hydrogen-bond acceptors (Lipinski definition) is 8. The van der Waals surface area contributed by atoms with Gasteiger partial charge in [0.05, 0.1) is 18.2 Å². The molecule has 0 radical (unpaired) electrons. The van der Waals surface area contributed by atoms with E-state index in [2.05, 4.69) is 32.6 Å². The summed E-state index contributed by atoms with van der Waals surface area (Å²) in [7, 11) is 0. The number of likely N-dealkylation sites (tertiary alicyclic amines) is 2. The number of aromatic nitrogens is 2. The summed E-state index contributed by atoms with van der Waals surface area (Å²) >= 11 is 0. The Hall–Kier alpha value is -3.60. The molecule has 2 unspecified atom stereocenters. The Bertz CT molecular complexity index is 1370. The van der Waals surface area contributed by atoms with Crippen molar-refractivity contribution in [2.75, 3.05) is 49.9 Å². The van der Waals surface area contributed by atoms with Crippen LogP contribution in [0.2, 0.25) is 0 Å². The van der Waals surface area contributed by atoms with Crippen LogP contribution in [0.3, 0.4) is 0 Å². The molecular weight excluding hydrogens is 516 g/mol. The first-order valence-corrected chi connectivity index (χ1v) is 14.9. The third-order valence-electron chi connectivity index (χ3n) is 8.22. The SMILES string of the molecule is CC(C)Nc1cccn([C@@H]2CC(C3CN(CCC#N)C[C@@H]3n3cccc(NC(C)C)c3=O)CN(CCC#N)C2)c1=O. The van der Waals surface area contributed by atoms with Crippen LogP contribution in [0, 0.1) is 34.5 Å². The molecule has 2 aromatic heterocycles. The van der Waals surface area contributed by atoms with Crippen molar-refractivity contribution in [1.82, 2.24) is 18.9 Å². The van der Waals surface area contributed by atoms with Crippen LogP contribution < -0.4 is 21.8 Å². The molecule has 2 aliphatic heterocycles. The lowest BCUT2D eigenvalue weighted by Gasteiger charge is -2.42. The molecule has 2 N–H and O–H groups in total. The van der Waals surface area contributed by atoms with Gasteiger partial charge in [-0.15, -0.1) is 0 Å². The predicted octanol–water partition coefficient (Wildman–Crippen LogP) is 3.51. The zero-order chi connectivity index (χ0) is 29.5. The maximum absolute atomic E-state index is 13.6. The minimum absolute atomic E-state index is 0.0318. The van der Waals surface area contributed by atoms with Gasteiger partial charge in [-0.25, -0.2) is 0 Å². The molecule has 0 aliphatic carbocycles. The van der Waals surface area contributed by atoms with Crippen LogP contribution in [-0.4, -0.2) is 70.3 Å². The number of nitrogens with one attached hydrogen (secondary N) is 2. The number of piperidine rings is 1. The Kier molecular flexibility index (Phi) is 10.3. The highest BCUT2D eigenvalue weighted by Crippen LogP contribution is 2.40. The van der Waals surface area contributed by atoms with Gasteiger partial charge in [0.25, 0.3) is 11.1 Å². The first kappa shape index (κ1) is 30.4. The molecule has 2 fully saturated rings. The van der Waals surface area contributed by atoms with E-state index in [1.54, 1.807) is 0 Å². The van der Waals surface area contributed by atoms with Crippen LogP contribution in [0.1, 0.15) is 59.0 Å². The standard InChI is InChI=1S/C31H44N8O2/c1-22(2)34-27-9-5-15-38(30(27)40)25-17-24(18-36(19-25)13-7-11-32)26-20-37(14-8-12-33)21-29(26)39-16-6-10-28(31(39)41)35-23(3)4/h5-6,9-10,15-16,22-26,29,34-35H,7-8,13-14,17-21H2,1-4H3/t24?,25-,26?,29+/m1/s1. The third kappa shape index (κ3) is 7.38. The van der Waals surface area contributed by atoms with Crippen LogP contribution in [-0.2, 0) is 0 Å². The number of pyridine rings is 2. The lowest BCUT2D eigenvalue weighted by atomic mass is 9.80. The van der Waals surface area contributed by atoms with Crippen LogP contribution in [0.5, 0.6) is 0 Å². The molecule has 10 nitrogen and oxygen atoms in total. The van der Waals surface area contributed by atoms with Gasteiger partial charge in [0.1, 0.15) is 11.4 Å². The summed E-state index contributed by atoms with van der Waals surface area (Å²) < 4.78 is 3.73.